The van der Waals surface area contributed by atoms with Crippen LogP contribution in [0.1, 0.15) is 34.1 Å². The van der Waals surface area contributed by atoms with Crippen LogP contribution in [0.25, 0.3) is 0 Å². The number of nitrogens with one attached hydrogen (secondary N) is 2. The van der Waals surface area contributed by atoms with E-state index in [1.165, 1.54) is 17.0 Å². The van der Waals surface area contributed by atoms with Gasteiger partial charge in [-0.15, -0.1) is 0 Å². The third kappa shape index (κ3) is 5.33. The molecule has 3 aromatic carbocycles. The van der Waals surface area contributed by atoms with Gasteiger partial charge in [-0.2, -0.15) is 0 Å². The summed E-state index contributed by atoms with van der Waals surface area (Å²) in [5.41, 5.74) is 2.09. The van der Waals surface area contributed by atoms with Crippen molar-refractivity contribution in [2.24, 2.45) is 0 Å². The van der Waals surface area contributed by atoms with E-state index in [0.717, 1.165) is 0 Å². The van der Waals surface area contributed by atoms with Crippen molar-refractivity contribution in [2.45, 2.75) is 19.4 Å². The molecule has 0 saturated heterocycles. The Bertz CT molecular complexity index is 1270. The maximum absolute atomic E-state index is 13.5. The SMILES string of the molecule is CCOC(=O)c1ccc(NC(=O)C[C@@H]2C(=O)Nc3ccccc3N2C(=O)c2ccc(Cl)cc2)cc1. The van der Waals surface area contributed by atoms with E-state index in [0.29, 0.717) is 33.2 Å². The highest BCUT2D eigenvalue weighted by Gasteiger charge is 2.38. The normalized spacial score (nSPS) is 14.5. The van der Waals surface area contributed by atoms with E-state index in [1.807, 2.05) is 0 Å². The Labute approximate surface area is 206 Å². The second kappa shape index (κ2) is 10.4. The fraction of sp³-hybridized carbons (Fsp3) is 0.154. The Morgan fingerprint density at radius 3 is 2.31 bits per heavy atom. The van der Waals surface area contributed by atoms with Gasteiger partial charge < -0.3 is 15.4 Å². The lowest BCUT2D eigenvalue weighted by Gasteiger charge is -2.36. The molecular weight excluding hydrogens is 470 g/mol. The van der Waals surface area contributed by atoms with Crippen LogP contribution >= 0.6 is 11.6 Å². The Hall–Kier alpha value is -4.17. The molecule has 0 aliphatic carbocycles. The number of hydrogen-bond donors (Lipinski definition) is 2. The molecule has 1 heterocycles. The molecule has 0 aromatic heterocycles. The predicted octanol–water partition coefficient (Wildman–Crippen LogP) is 4.51. The molecule has 2 N–H and O–H groups in total. The van der Waals surface area contributed by atoms with Crippen LogP contribution in [0.5, 0.6) is 0 Å². The van der Waals surface area contributed by atoms with Crippen LogP contribution in [0.2, 0.25) is 5.02 Å². The summed E-state index contributed by atoms with van der Waals surface area (Å²) in [6.45, 7) is 1.97. The number of fused-ring (bicyclic) bond motifs is 1. The molecule has 0 saturated carbocycles. The summed E-state index contributed by atoms with van der Waals surface area (Å²) >= 11 is 5.96. The Kier molecular flexibility index (Phi) is 7.12. The average molecular weight is 492 g/mol. The lowest BCUT2D eigenvalue weighted by molar-refractivity contribution is -0.122. The van der Waals surface area contributed by atoms with Crippen molar-refractivity contribution in [3.63, 3.8) is 0 Å². The first-order valence-electron chi connectivity index (χ1n) is 10.9. The number of halogens is 1. The van der Waals surface area contributed by atoms with E-state index in [2.05, 4.69) is 10.6 Å². The number of carbonyl (C=O) groups is 4. The third-order valence-corrected chi connectivity index (χ3v) is 5.66. The average Bonchev–Trinajstić information content (AvgIpc) is 2.85. The molecule has 3 aromatic rings. The van der Waals surface area contributed by atoms with Crippen LogP contribution in [0.15, 0.2) is 72.8 Å². The van der Waals surface area contributed by atoms with Crippen LogP contribution in [0.3, 0.4) is 0 Å². The highest BCUT2D eigenvalue weighted by Crippen LogP contribution is 2.34. The molecule has 0 spiro atoms. The summed E-state index contributed by atoms with van der Waals surface area (Å²) in [5.74, 6) is -1.83. The smallest absolute Gasteiger partial charge is 0.338 e. The van der Waals surface area contributed by atoms with E-state index < -0.39 is 29.7 Å². The zero-order valence-corrected chi connectivity index (χ0v) is 19.5. The van der Waals surface area contributed by atoms with Crippen molar-refractivity contribution >= 4 is 52.4 Å². The van der Waals surface area contributed by atoms with Gasteiger partial charge in [-0.05, 0) is 67.6 Å². The van der Waals surface area contributed by atoms with Crippen molar-refractivity contribution in [1.29, 1.82) is 0 Å². The monoisotopic (exact) mass is 491 g/mol. The van der Waals surface area contributed by atoms with Gasteiger partial charge in [0.15, 0.2) is 0 Å². The van der Waals surface area contributed by atoms with Gasteiger partial charge in [-0.1, -0.05) is 23.7 Å². The summed E-state index contributed by atoms with van der Waals surface area (Å²) in [7, 11) is 0. The fourth-order valence-corrected chi connectivity index (χ4v) is 3.87. The highest BCUT2D eigenvalue weighted by molar-refractivity contribution is 6.30. The van der Waals surface area contributed by atoms with E-state index >= 15 is 0 Å². The zero-order valence-electron chi connectivity index (χ0n) is 18.8. The first kappa shape index (κ1) is 24.0. The number of carbonyl (C=O) groups excluding carboxylic acids is 4. The summed E-state index contributed by atoms with van der Waals surface area (Å²) in [6, 6.07) is 18.3. The Morgan fingerprint density at radius 2 is 1.63 bits per heavy atom. The molecule has 0 unspecified atom stereocenters. The molecule has 35 heavy (non-hydrogen) atoms. The number of benzene rings is 3. The minimum atomic E-state index is -1.08. The minimum Gasteiger partial charge on any atom is -0.462 e. The Balaban J connectivity index is 1.56. The molecule has 1 atom stereocenters. The summed E-state index contributed by atoms with van der Waals surface area (Å²) in [6.07, 6.45) is -0.279. The number of amides is 3. The summed E-state index contributed by atoms with van der Waals surface area (Å²) < 4.78 is 4.95. The zero-order chi connectivity index (χ0) is 24.9. The summed E-state index contributed by atoms with van der Waals surface area (Å²) in [4.78, 5) is 52.4. The number of para-hydroxylation sites is 2. The quantitative estimate of drug-likeness (QED) is 0.493. The van der Waals surface area contributed by atoms with Crippen LogP contribution in [0.4, 0.5) is 17.1 Å². The summed E-state index contributed by atoms with van der Waals surface area (Å²) in [5, 5.41) is 5.96. The van der Waals surface area contributed by atoms with Gasteiger partial charge >= 0.3 is 5.97 Å². The standard InChI is InChI=1S/C26H22ClN3O5/c1-2-35-26(34)17-9-13-19(14-10-17)28-23(31)15-22-24(32)29-20-5-3-4-6-21(20)30(22)25(33)16-7-11-18(27)12-8-16/h3-14,22H,2,15H2,1H3,(H,28,31)(H,29,32)/t22-/m1/s1. The van der Waals surface area contributed by atoms with Gasteiger partial charge in [0, 0.05) is 16.3 Å². The van der Waals surface area contributed by atoms with Gasteiger partial charge in [-0.3, -0.25) is 19.3 Å². The number of anilines is 3. The maximum atomic E-state index is 13.5. The minimum absolute atomic E-state index is 0.259. The second-order valence-corrected chi connectivity index (χ2v) is 8.19. The highest BCUT2D eigenvalue weighted by atomic mass is 35.5. The molecule has 0 bridgehead atoms. The lowest BCUT2D eigenvalue weighted by Crippen LogP contribution is -2.52. The first-order valence-corrected chi connectivity index (χ1v) is 11.3. The van der Waals surface area contributed by atoms with E-state index in [-0.39, 0.29) is 13.0 Å². The van der Waals surface area contributed by atoms with Gasteiger partial charge in [0.2, 0.25) is 11.8 Å². The molecule has 1 aliphatic rings. The predicted molar refractivity (Wildman–Crippen MR) is 133 cm³/mol. The lowest BCUT2D eigenvalue weighted by atomic mass is 10.0. The molecular formula is C26H22ClN3O5. The van der Waals surface area contributed by atoms with Crippen molar-refractivity contribution in [2.75, 3.05) is 22.1 Å². The molecule has 0 radical (unpaired) electrons. The topological polar surface area (TPSA) is 105 Å². The molecule has 0 fully saturated rings. The largest absolute Gasteiger partial charge is 0.462 e. The van der Waals surface area contributed by atoms with Crippen molar-refractivity contribution in [1.82, 2.24) is 0 Å². The van der Waals surface area contributed by atoms with Crippen LogP contribution in [-0.4, -0.2) is 36.3 Å². The van der Waals surface area contributed by atoms with Crippen molar-refractivity contribution in [3.8, 4) is 0 Å². The molecule has 3 amide bonds. The first-order chi connectivity index (χ1) is 16.9. The molecule has 1 aliphatic heterocycles. The molecule has 9 heteroatoms. The van der Waals surface area contributed by atoms with E-state index in [9.17, 15) is 19.2 Å². The number of rotatable bonds is 6. The maximum Gasteiger partial charge on any atom is 0.338 e. The van der Waals surface area contributed by atoms with Crippen LogP contribution < -0.4 is 15.5 Å². The molecule has 178 valence electrons. The second-order valence-electron chi connectivity index (χ2n) is 7.75. The van der Waals surface area contributed by atoms with Gasteiger partial charge in [-0.25, -0.2) is 4.79 Å². The fourth-order valence-electron chi connectivity index (χ4n) is 3.75. The van der Waals surface area contributed by atoms with Gasteiger partial charge in [0.05, 0.1) is 30.0 Å². The van der Waals surface area contributed by atoms with Crippen LogP contribution in [-0.2, 0) is 14.3 Å². The Morgan fingerprint density at radius 1 is 0.971 bits per heavy atom. The van der Waals surface area contributed by atoms with E-state index in [1.54, 1.807) is 67.6 Å². The number of nitrogens with zero attached hydrogens (tertiary/aromatic N) is 1. The van der Waals surface area contributed by atoms with Crippen molar-refractivity contribution < 1.29 is 23.9 Å². The van der Waals surface area contributed by atoms with Gasteiger partial charge in [0.25, 0.3) is 5.91 Å². The number of esters is 1. The van der Waals surface area contributed by atoms with Crippen molar-refractivity contribution in [3.05, 3.63) is 88.9 Å². The van der Waals surface area contributed by atoms with Gasteiger partial charge in [0.1, 0.15) is 6.04 Å². The van der Waals surface area contributed by atoms with E-state index in [4.69, 9.17) is 16.3 Å². The third-order valence-electron chi connectivity index (χ3n) is 5.40. The molecule has 4 rings (SSSR count). The van der Waals surface area contributed by atoms with Crippen LogP contribution in [0, 0.1) is 0 Å². The number of hydrogen-bond acceptors (Lipinski definition) is 5. The molecule has 8 nitrogen and oxygen atoms in total. The number of ether oxygens (including phenoxy) is 1.